The molecule has 1 unspecified atom stereocenters. The van der Waals surface area contributed by atoms with Crippen LogP contribution in [-0.4, -0.2) is 6.04 Å². The summed E-state index contributed by atoms with van der Waals surface area (Å²) in [4.78, 5) is 2.38. The first-order chi connectivity index (χ1) is 11.4. The molecule has 1 aliphatic carbocycles. The first-order valence-electron chi connectivity index (χ1n) is 8.15. The van der Waals surface area contributed by atoms with Gasteiger partial charge in [0.1, 0.15) is 5.75 Å². The number of nitrogens with zero attached hydrogens (tertiary/aromatic N) is 1. The van der Waals surface area contributed by atoms with Crippen molar-refractivity contribution in [3.8, 4) is 16.9 Å². The second-order valence-electron chi connectivity index (χ2n) is 6.18. The van der Waals surface area contributed by atoms with Crippen LogP contribution in [0, 0.1) is 0 Å². The highest BCUT2D eigenvalue weighted by atomic mass is 16.5. The maximum absolute atomic E-state index is 5.88. The normalized spacial score (nSPS) is 20.0. The third kappa shape index (κ3) is 1.88. The molecule has 0 bridgehead atoms. The zero-order valence-electron chi connectivity index (χ0n) is 12.8. The first kappa shape index (κ1) is 12.8. The first-order valence-corrected chi connectivity index (χ1v) is 8.15. The Kier molecular flexibility index (Phi) is 2.71. The van der Waals surface area contributed by atoms with Crippen molar-refractivity contribution >= 4 is 18.0 Å². The SMILES string of the molecule is C1=CN(C2C=CCC2)c2ccc3c(c2=C1)=COc1ccccc1-3. The van der Waals surface area contributed by atoms with E-state index < -0.39 is 0 Å². The summed E-state index contributed by atoms with van der Waals surface area (Å²) in [7, 11) is 0. The molecule has 0 fully saturated rings. The zero-order chi connectivity index (χ0) is 15.2. The Bertz CT molecular complexity index is 968. The number of rotatable bonds is 1. The number of allylic oxidation sites excluding steroid dienone is 2. The Morgan fingerprint density at radius 3 is 2.87 bits per heavy atom. The Balaban J connectivity index is 1.73. The molecule has 2 heterocycles. The molecular formula is C21H17NO. The summed E-state index contributed by atoms with van der Waals surface area (Å²) >= 11 is 0. The molecule has 5 rings (SSSR count). The van der Waals surface area contributed by atoms with E-state index in [0.717, 1.165) is 5.75 Å². The van der Waals surface area contributed by atoms with Crippen LogP contribution in [0.15, 0.2) is 60.8 Å². The van der Waals surface area contributed by atoms with Crippen molar-refractivity contribution in [2.24, 2.45) is 0 Å². The van der Waals surface area contributed by atoms with Gasteiger partial charge in [-0.05, 0) is 36.6 Å². The van der Waals surface area contributed by atoms with Crippen molar-refractivity contribution in [1.82, 2.24) is 0 Å². The van der Waals surface area contributed by atoms with Gasteiger partial charge >= 0.3 is 0 Å². The van der Waals surface area contributed by atoms with Crippen LogP contribution in [0.2, 0.25) is 0 Å². The van der Waals surface area contributed by atoms with Crippen LogP contribution in [0.3, 0.4) is 0 Å². The summed E-state index contributed by atoms with van der Waals surface area (Å²) in [5.41, 5.74) is 3.68. The van der Waals surface area contributed by atoms with Gasteiger partial charge in [-0.25, -0.2) is 0 Å². The molecule has 0 saturated carbocycles. The maximum Gasteiger partial charge on any atom is 0.134 e. The molecule has 2 heteroatoms. The summed E-state index contributed by atoms with van der Waals surface area (Å²) in [6, 6.07) is 13.2. The van der Waals surface area contributed by atoms with E-state index >= 15 is 0 Å². The molecule has 0 N–H and O–H groups in total. The van der Waals surface area contributed by atoms with Gasteiger partial charge in [-0.1, -0.05) is 42.5 Å². The predicted molar refractivity (Wildman–Crippen MR) is 94.5 cm³/mol. The van der Waals surface area contributed by atoms with E-state index in [1.807, 2.05) is 18.4 Å². The van der Waals surface area contributed by atoms with E-state index in [-0.39, 0.29) is 0 Å². The van der Waals surface area contributed by atoms with Crippen molar-refractivity contribution in [3.63, 3.8) is 0 Å². The minimum atomic E-state index is 0.466. The second-order valence-corrected chi connectivity index (χ2v) is 6.18. The molecule has 3 aliphatic rings. The van der Waals surface area contributed by atoms with Crippen molar-refractivity contribution in [1.29, 1.82) is 0 Å². The third-order valence-corrected chi connectivity index (χ3v) is 4.88. The molecule has 112 valence electrons. The minimum Gasteiger partial charge on any atom is -0.464 e. The molecule has 2 nitrogen and oxygen atoms in total. The van der Waals surface area contributed by atoms with Crippen LogP contribution in [0.25, 0.3) is 23.5 Å². The lowest BCUT2D eigenvalue weighted by Gasteiger charge is -2.29. The monoisotopic (exact) mass is 299 g/mol. The van der Waals surface area contributed by atoms with Crippen LogP contribution in [0.1, 0.15) is 12.8 Å². The average molecular weight is 299 g/mol. The Morgan fingerprint density at radius 2 is 1.96 bits per heavy atom. The fraction of sp³-hybridized carbons (Fsp3) is 0.143. The Labute approximate surface area is 135 Å². The van der Waals surface area contributed by atoms with Gasteiger partial charge in [0.2, 0.25) is 0 Å². The van der Waals surface area contributed by atoms with Gasteiger partial charge < -0.3 is 9.64 Å². The summed E-state index contributed by atoms with van der Waals surface area (Å²) < 4.78 is 5.88. The predicted octanol–water partition coefficient (Wildman–Crippen LogP) is 3.32. The highest BCUT2D eigenvalue weighted by molar-refractivity contribution is 5.78. The summed E-state index contributed by atoms with van der Waals surface area (Å²) in [6.45, 7) is 0. The van der Waals surface area contributed by atoms with Gasteiger partial charge in [0.15, 0.2) is 0 Å². The van der Waals surface area contributed by atoms with E-state index in [4.69, 9.17) is 4.74 Å². The molecule has 0 radical (unpaired) electrons. The van der Waals surface area contributed by atoms with Crippen LogP contribution in [0.5, 0.6) is 5.75 Å². The Hall–Kier alpha value is -2.74. The highest BCUT2D eigenvalue weighted by Gasteiger charge is 2.21. The largest absolute Gasteiger partial charge is 0.464 e. The number of ether oxygens (including phenoxy) is 1. The quantitative estimate of drug-likeness (QED) is 0.749. The van der Waals surface area contributed by atoms with Crippen molar-refractivity contribution in [3.05, 3.63) is 71.3 Å². The van der Waals surface area contributed by atoms with Gasteiger partial charge in [0.25, 0.3) is 0 Å². The molecule has 2 aromatic rings. The van der Waals surface area contributed by atoms with E-state index in [9.17, 15) is 0 Å². The topological polar surface area (TPSA) is 12.5 Å². The lowest BCUT2D eigenvalue weighted by atomic mass is 9.97. The fourth-order valence-corrected chi connectivity index (χ4v) is 3.75. The minimum absolute atomic E-state index is 0.466. The van der Waals surface area contributed by atoms with Crippen LogP contribution in [-0.2, 0) is 0 Å². The third-order valence-electron chi connectivity index (χ3n) is 4.88. The molecule has 2 aromatic carbocycles. The maximum atomic E-state index is 5.88. The summed E-state index contributed by atoms with van der Waals surface area (Å²) in [5, 5.41) is 2.43. The molecule has 23 heavy (non-hydrogen) atoms. The molecule has 2 aliphatic heterocycles. The number of anilines is 1. The smallest absolute Gasteiger partial charge is 0.134 e. The second kappa shape index (κ2) is 4.88. The number of hydrogen-bond donors (Lipinski definition) is 0. The zero-order valence-corrected chi connectivity index (χ0v) is 12.8. The molecule has 0 amide bonds. The van der Waals surface area contributed by atoms with Gasteiger partial charge in [-0.15, -0.1) is 0 Å². The molecule has 1 atom stereocenters. The summed E-state index contributed by atoms with van der Waals surface area (Å²) in [6.07, 6.45) is 15.4. The van der Waals surface area contributed by atoms with Crippen LogP contribution >= 0.6 is 0 Å². The van der Waals surface area contributed by atoms with Gasteiger partial charge in [0.05, 0.1) is 12.3 Å². The highest BCUT2D eigenvalue weighted by Crippen LogP contribution is 2.31. The van der Waals surface area contributed by atoms with Crippen LogP contribution < -0.4 is 20.1 Å². The lowest BCUT2D eigenvalue weighted by Crippen LogP contribution is -2.39. The molecule has 0 spiro atoms. The lowest BCUT2D eigenvalue weighted by molar-refractivity contribution is 0.537. The standard InChI is InChI=1S/C21H17NO/c1-2-7-15(6-1)22-13-5-9-17-19-14-23-21-10-4-3-8-18(21)16(19)11-12-20(17)22/h1,3-6,8-15H,2,7H2. The van der Waals surface area contributed by atoms with E-state index in [1.165, 1.54) is 40.1 Å². The summed E-state index contributed by atoms with van der Waals surface area (Å²) in [5.74, 6) is 0.932. The van der Waals surface area contributed by atoms with E-state index in [2.05, 4.69) is 59.7 Å². The molecular weight excluding hydrogens is 282 g/mol. The molecule has 0 aromatic heterocycles. The van der Waals surface area contributed by atoms with Crippen molar-refractivity contribution in [2.45, 2.75) is 18.9 Å². The number of para-hydroxylation sites is 1. The number of fused-ring (bicyclic) bond motifs is 5. The van der Waals surface area contributed by atoms with E-state index in [1.54, 1.807) is 0 Å². The van der Waals surface area contributed by atoms with Crippen molar-refractivity contribution in [2.75, 3.05) is 4.90 Å². The van der Waals surface area contributed by atoms with Gasteiger partial charge in [-0.3, -0.25) is 0 Å². The van der Waals surface area contributed by atoms with Crippen molar-refractivity contribution < 1.29 is 4.74 Å². The van der Waals surface area contributed by atoms with E-state index in [0.29, 0.717) is 6.04 Å². The number of hydrogen-bond acceptors (Lipinski definition) is 2. The average Bonchev–Trinajstić information content (AvgIpc) is 3.15. The number of benzene rings is 2. The molecule has 0 saturated heterocycles. The fourth-order valence-electron chi connectivity index (χ4n) is 3.75. The van der Waals surface area contributed by atoms with Gasteiger partial charge in [0, 0.05) is 27.9 Å². The van der Waals surface area contributed by atoms with Crippen LogP contribution in [0.4, 0.5) is 5.69 Å². The Morgan fingerprint density at radius 1 is 1.00 bits per heavy atom. The van der Waals surface area contributed by atoms with Gasteiger partial charge in [-0.2, -0.15) is 0 Å².